The van der Waals surface area contributed by atoms with Gasteiger partial charge in [0.1, 0.15) is 23.7 Å². The first kappa shape index (κ1) is 26.2. The fourth-order valence-electron chi connectivity index (χ4n) is 5.76. The molecule has 0 radical (unpaired) electrons. The van der Waals surface area contributed by atoms with E-state index in [4.69, 9.17) is 11.5 Å². The number of carbonyl (C=O) groups excluding carboxylic acids is 4. The van der Waals surface area contributed by atoms with Gasteiger partial charge < -0.3 is 31.5 Å². The number of β-lactam (4-membered cyclic amide) rings is 1. The molecule has 1 aromatic carbocycles. The lowest BCUT2D eigenvalue weighted by Gasteiger charge is -2.57. The van der Waals surface area contributed by atoms with Crippen LogP contribution in [-0.4, -0.2) is 97.5 Å². The van der Waals surface area contributed by atoms with Crippen molar-refractivity contribution in [3.05, 3.63) is 35.9 Å². The number of aliphatic hydroxyl groups excluding tert-OH is 2. The highest BCUT2D eigenvalue weighted by molar-refractivity contribution is 6.10. The van der Waals surface area contributed by atoms with Crippen molar-refractivity contribution in [3.63, 3.8) is 0 Å². The van der Waals surface area contributed by atoms with Crippen molar-refractivity contribution in [1.29, 1.82) is 0 Å². The van der Waals surface area contributed by atoms with Crippen molar-refractivity contribution in [3.8, 4) is 0 Å². The van der Waals surface area contributed by atoms with E-state index in [-0.39, 0.29) is 5.91 Å². The Hall–Kier alpha value is -2.86. The lowest BCUT2D eigenvalue weighted by Crippen LogP contribution is -2.77. The van der Waals surface area contributed by atoms with Crippen LogP contribution >= 0.6 is 0 Å². The lowest BCUT2D eigenvalue weighted by molar-refractivity contribution is -0.187. The third-order valence-corrected chi connectivity index (χ3v) is 7.77. The molecule has 3 heterocycles. The number of rotatable bonds is 6. The van der Waals surface area contributed by atoms with Gasteiger partial charge in [-0.3, -0.25) is 24.1 Å². The number of benzene rings is 1. The van der Waals surface area contributed by atoms with Crippen LogP contribution in [0.25, 0.3) is 0 Å². The Bertz CT molecular complexity index is 1030. The molecule has 11 nitrogen and oxygen atoms in total. The molecular weight excluding hydrogens is 466 g/mol. The number of imide groups is 1. The first-order valence-electron chi connectivity index (χ1n) is 12.5. The van der Waals surface area contributed by atoms with Gasteiger partial charge in [0.05, 0.1) is 18.2 Å². The van der Waals surface area contributed by atoms with E-state index in [2.05, 4.69) is 0 Å². The normalized spacial score (nSPS) is 29.2. The highest BCUT2D eigenvalue weighted by Crippen LogP contribution is 2.53. The summed E-state index contributed by atoms with van der Waals surface area (Å²) in [5, 5.41) is 19.7. The van der Waals surface area contributed by atoms with Crippen molar-refractivity contribution in [1.82, 2.24) is 14.7 Å². The van der Waals surface area contributed by atoms with Crippen LogP contribution in [0.15, 0.2) is 30.3 Å². The first-order chi connectivity index (χ1) is 17.0. The molecule has 0 saturated carbocycles. The molecule has 1 spiro atoms. The zero-order chi connectivity index (χ0) is 26.4. The Morgan fingerprint density at radius 1 is 0.972 bits per heavy atom. The first-order valence-corrected chi connectivity index (χ1v) is 12.5. The van der Waals surface area contributed by atoms with E-state index in [0.717, 1.165) is 4.90 Å². The van der Waals surface area contributed by atoms with E-state index in [1.165, 1.54) is 23.6 Å². The highest BCUT2D eigenvalue weighted by atomic mass is 16.3. The Labute approximate surface area is 210 Å². The Morgan fingerprint density at radius 3 is 2.19 bits per heavy atom. The molecule has 3 aliphatic rings. The maximum absolute atomic E-state index is 13.9. The summed E-state index contributed by atoms with van der Waals surface area (Å²) in [4.78, 5) is 57.7. The zero-order valence-electron chi connectivity index (χ0n) is 20.6. The highest BCUT2D eigenvalue weighted by Gasteiger charge is 2.69. The molecule has 4 amide bonds. The Kier molecular flexibility index (Phi) is 7.20. The predicted octanol–water partition coefficient (Wildman–Crippen LogP) is -1.14. The van der Waals surface area contributed by atoms with E-state index >= 15 is 0 Å². The second kappa shape index (κ2) is 9.89. The number of amides is 4. The number of carbonyl (C=O) groups is 4. The molecule has 36 heavy (non-hydrogen) atoms. The van der Waals surface area contributed by atoms with Gasteiger partial charge in [-0.25, -0.2) is 0 Å². The molecule has 196 valence electrons. The van der Waals surface area contributed by atoms with Crippen molar-refractivity contribution < 1.29 is 29.4 Å². The topological polar surface area (TPSA) is 170 Å². The number of aliphatic hydroxyl groups is 2. The van der Waals surface area contributed by atoms with Crippen LogP contribution in [0.4, 0.5) is 0 Å². The predicted molar refractivity (Wildman–Crippen MR) is 129 cm³/mol. The van der Waals surface area contributed by atoms with E-state index in [1.54, 1.807) is 24.3 Å². The third-order valence-electron chi connectivity index (χ3n) is 7.77. The van der Waals surface area contributed by atoms with Crippen molar-refractivity contribution in [2.45, 2.75) is 81.4 Å². The second-order valence-corrected chi connectivity index (χ2v) is 10.1. The van der Waals surface area contributed by atoms with Gasteiger partial charge in [-0.2, -0.15) is 0 Å². The SMILES string of the molecule is CC(O)C(N)C(=O)N1CCCC1C(=O)N1CCCC12C(=O)N(C(=O)C(N)C(C)O)C2c1ccccc1. The quantitative estimate of drug-likeness (QED) is 0.355. The van der Waals surface area contributed by atoms with Gasteiger partial charge in [0.15, 0.2) is 0 Å². The summed E-state index contributed by atoms with van der Waals surface area (Å²) in [5.41, 5.74) is 11.2. The molecule has 0 bridgehead atoms. The van der Waals surface area contributed by atoms with Crippen molar-refractivity contribution >= 4 is 23.6 Å². The smallest absolute Gasteiger partial charge is 0.258 e. The number of nitrogens with zero attached hydrogens (tertiary/aromatic N) is 3. The minimum Gasteiger partial charge on any atom is -0.391 e. The zero-order valence-corrected chi connectivity index (χ0v) is 20.6. The van der Waals surface area contributed by atoms with Crippen LogP contribution in [0.5, 0.6) is 0 Å². The van der Waals surface area contributed by atoms with Gasteiger partial charge >= 0.3 is 0 Å². The fraction of sp³-hybridized carbons (Fsp3) is 0.600. The van der Waals surface area contributed by atoms with Crippen LogP contribution < -0.4 is 11.5 Å². The molecule has 0 aromatic heterocycles. The summed E-state index contributed by atoms with van der Waals surface area (Å²) in [6, 6.07) is 4.98. The summed E-state index contributed by atoms with van der Waals surface area (Å²) < 4.78 is 0. The van der Waals surface area contributed by atoms with Crippen LogP contribution in [0.3, 0.4) is 0 Å². The van der Waals surface area contributed by atoms with Crippen molar-refractivity contribution in [2.75, 3.05) is 13.1 Å². The standard InChI is InChI=1S/C25H35N5O6/c1-14(31)18(26)22(34)28-12-6-10-17(28)21(33)29-13-7-11-25(29)20(16-8-4-3-5-9-16)30(24(25)36)23(35)19(27)15(2)32/h3-5,8-9,14-15,17-20,31-32H,6-7,10-13,26-27H2,1-2H3. The minimum atomic E-state index is -1.28. The fourth-order valence-corrected chi connectivity index (χ4v) is 5.76. The number of hydrogen-bond acceptors (Lipinski definition) is 8. The molecule has 3 saturated heterocycles. The third kappa shape index (κ3) is 4.00. The van der Waals surface area contributed by atoms with Crippen molar-refractivity contribution in [2.24, 2.45) is 11.5 Å². The van der Waals surface area contributed by atoms with Gasteiger partial charge in [-0.1, -0.05) is 30.3 Å². The molecule has 3 fully saturated rings. The molecule has 3 aliphatic heterocycles. The van der Waals surface area contributed by atoms with Gasteiger partial charge in [0, 0.05) is 13.1 Å². The summed E-state index contributed by atoms with van der Waals surface area (Å²) in [5.74, 6) is -2.10. The van der Waals surface area contributed by atoms with Crippen LogP contribution in [0.2, 0.25) is 0 Å². The minimum absolute atomic E-state index is 0.305. The molecule has 1 aromatic rings. The number of likely N-dealkylation sites (tertiary alicyclic amines) is 3. The van der Waals surface area contributed by atoms with Gasteiger partial charge in [0.25, 0.3) is 5.91 Å². The Balaban J connectivity index is 1.68. The summed E-state index contributed by atoms with van der Waals surface area (Å²) in [6.07, 6.45) is -0.295. The van der Waals surface area contributed by atoms with E-state index in [0.29, 0.717) is 44.3 Å². The average molecular weight is 502 g/mol. The van der Waals surface area contributed by atoms with Gasteiger partial charge in [-0.05, 0) is 45.1 Å². The van der Waals surface area contributed by atoms with Crippen LogP contribution in [-0.2, 0) is 19.2 Å². The molecule has 7 atom stereocenters. The summed E-state index contributed by atoms with van der Waals surface area (Å²) in [7, 11) is 0. The van der Waals surface area contributed by atoms with E-state index < -0.39 is 59.6 Å². The van der Waals surface area contributed by atoms with Crippen LogP contribution in [0, 0.1) is 0 Å². The Morgan fingerprint density at radius 2 is 1.58 bits per heavy atom. The molecular formula is C25H35N5O6. The number of hydrogen-bond donors (Lipinski definition) is 4. The van der Waals surface area contributed by atoms with Gasteiger partial charge in [0.2, 0.25) is 17.7 Å². The largest absolute Gasteiger partial charge is 0.391 e. The molecule has 11 heteroatoms. The average Bonchev–Trinajstić information content (AvgIpc) is 3.54. The maximum atomic E-state index is 13.9. The number of nitrogens with two attached hydrogens (primary N) is 2. The van der Waals surface area contributed by atoms with Crippen LogP contribution in [0.1, 0.15) is 51.1 Å². The summed E-state index contributed by atoms with van der Waals surface area (Å²) in [6.45, 7) is 3.45. The maximum Gasteiger partial charge on any atom is 0.258 e. The van der Waals surface area contributed by atoms with E-state index in [1.807, 2.05) is 6.07 Å². The molecule has 6 N–H and O–H groups in total. The molecule has 7 unspecified atom stereocenters. The monoisotopic (exact) mass is 501 g/mol. The molecule has 0 aliphatic carbocycles. The summed E-state index contributed by atoms with van der Waals surface area (Å²) >= 11 is 0. The lowest BCUT2D eigenvalue weighted by atomic mass is 9.72. The molecule has 4 rings (SSSR count). The van der Waals surface area contributed by atoms with Gasteiger partial charge in [-0.15, -0.1) is 0 Å². The van der Waals surface area contributed by atoms with E-state index in [9.17, 15) is 29.4 Å². The second-order valence-electron chi connectivity index (χ2n) is 10.1.